The Balaban J connectivity index is 1.48. The Kier molecular flexibility index (Phi) is 4.26. The Hall–Kier alpha value is -4.26. The molecule has 7 heteroatoms. The minimum atomic E-state index is -0.214. The molecule has 0 saturated carbocycles. The summed E-state index contributed by atoms with van der Waals surface area (Å²) in [6.45, 7) is 0. The number of allylic oxidation sites excluding steroid dienone is 1. The SMILES string of the molecule is Cn1cccc1-c1ccc(C2=C3C(=O)NC(c4ccc(-c5cccn5C)n4C)=C3C(=O)C2)n1C. The third-order valence-electron chi connectivity index (χ3n) is 7.10. The van der Waals surface area contributed by atoms with Gasteiger partial charge in [0, 0.05) is 52.7 Å². The summed E-state index contributed by atoms with van der Waals surface area (Å²) in [4.78, 5) is 26.4. The molecule has 1 N–H and O–H groups in total. The molecule has 1 aliphatic carbocycles. The van der Waals surface area contributed by atoms with Gasteiger partial charge in [-0.1, -0.05) is 0 Å². The molecule has 0 fully saturated rings. The number of hydrogen-bond donors (Lipinski definition) is 1. The number of aromatic nitrogens is 4. The largest absolute Gasteiger partial charge is 0.349 e. The molecule has 7 nitrogen and oxygen atoms in total. The molecule has 0 bridgehead atoms. The van der Waals surface area contributed by atoms with Gasteiger partial charge < -0.3 is 23.6 Å². The van der Waals surface area contributed by atoms with Crippen LogP contribution in [0.5, 0.6) is 0 Å². The highest BCUT2D eigenvalue weighted by Crippen LogP contribution is 2.43. The van der Waals surface area contributed by atoms with Crippen LogP contribution >= 0.6 is 0 Å². The molecule has 0 radical (unpaired) electrons. The van der Waals surface area contributed by atoms with Gasteiger partial charge in [0.15, 0.2) is 5.78 Å². The number of aryl methyl sites for hydroxylation is 2. The van der Waals surface area contributed by atoms with Gasteiger partial charge in [-0.15, -0.1) is 0 Å². The van der Waals surface area contributed by atoms with Crippen molar-refractivity contribution in [3.8, 4) is 22.8 Å². The van der Waals surface area contributed by atoms with E-state index in [4.69, 9.17) is 0 Å². The van der Waals surface area contributed by atoms with Gasteiger partial charge in [-0.2, -0.15) is 0 Å². The Labute approximate surface area is 197 Å². The fourth-order valence-corrected chi connectivity index (χ4v) is 5.34. The smallest absolute Gasteiger partial charge is 0.256 e. The van der Waals surface area contributed by atoms with Gasteiger partial charge in [0.2, 0.25) is 0 Å². The molecule has 0 saturated heterocycles. The summed E-state index contributed by atoms with van der Waals surface area (Å²) in [6.07, 6.45) is 4.23. The second kappa shape index (κ2) is 7.12. The van der Waals surface area contributed by atoms with E-state index in [0.29, 0.717) is 16.8 Å². The van der Waals surface area contributed by atoms with Crippen LogP contribution in [0.2, 0.25) is 0 Å². The van der Waals surface area contributed by atoms with E-state index >= 15 is 0 Å². The maximum Gasteiger partial charge on any atom is 0.256 e. The normalized spacial score (nSPS) is 15.6. The zero-order valence-electron chi connectivity index (χ0n) is 19.6. The highest BCUT2D eigenvalue weighted by molar-refractivity contribution is 6.31. The number of Topliss-reactive ketones (excluding diaryl/α,β-unsaturated/α-hetero) is 1. The van der Waals surface area contributed by atoms with Crippen molar-refractivity contribution in [2.24, 2.45) is 28.2 Å². The molecular weight excluding hydrogens is 426 g/mol. The van der Waals surface area contributed by atoms with Crippen LogP contribution in [0.25, 0.3) is 34.0 Å². The van der Waals surface area contributed by atoms with Crippen molar-refractivity contribution in [2.45, 2.75) is 6.42 Å². The first-order chi connectivity index (χ1) is 16.4. The van der Waals surface area contributed by atoms with Crippen molar-refractivity contribution in [2.75, 3.05) is 0 Å². The van der Waals surface area contributed by atoms with Crippen molar-refractivity contribution < 1.29 is 9.59 Å². The summed E-state index contributed by atoms with van der Waals surface area (Å²) in [6, 6.07) is 16.1. The molecule has 0 unspecified atom stereocenters. The molecular formula is C27H25N5O2. The van der Waals surface area contributed by atoms with Gasteiger partial charge in [0.05, 0.1) is 45.3 Å². The van der Waals surface area contributed by atoms with Crippen molar-refractivity contribution in [1.82, 2.24) is 23.6 Å². The van der Waals surface area contributed by atoms with Gasteiger partial charge >= 0.3 is 0 Å². The van der Waals surface area contributed by atoms with E-state index in [-0.39, 0.29) is 18.1 Å². The molecule has 1 amide bonds. The number of hydrogen-bond acceptors (Lipinski definition) is 2. The molecule has 4 aromatic rings. The summed E-state index contributed by atoms with van der Waals surface area (Å²) in [5.74, 6) is -0.240. The lowest BCUT2D eigenvalue weighted by Gasteiger charge is -2.11. The Morgan fingerprint density at radius 2 is 1.18 bits per heavy atom. The van der Waals surface area contributed by atoms with E-state index in [1.54, 1.807) is 0 Å². The monoisotopic (exact) mass is 451 g/mol. The molecule has 0 spiro atoms. The standard InChI is InChI=1S/C27H25N5O2/c1-29-13-5-7-18(29)20-10-9-17(31(20)3)16-15-23(33)25-24(16)27(34)28-26(25)22-12-11-21(32(22)4)19-8-6-14-30(19)2/h5-14H,15H2,1-4H3,(H,28,34). The van der Waals surface area contributed by atoms with E-state index in [0.717, 1.165) is 39.7 Å². The average molecular weight is 452 g/mol. The summed E-state index contributed by atoms with van der Waals surface area (Å²) < 4.78 is 8.20. The van der Waals surface area contributed by atoms with Crippen LogP contribution in [0.15, 0.2) is 72.1 Å². The first kappa shape index (κ1) is 20.4. The first-order valence-corrected chi connectivity index (χ1v) is 11.2. The maximum absolute atomic E-state index is 13.3. The van der Waals surface area contributed by atoms with E-state index < -0.39 is 0 Å². The van der Waals surface area contributed by atoms with E-state index in [9.17, 15) is 9.59 Å². The second-order valence-electron chi connectivity index (χ2n) is 8.99. The number of rotatable bonds is 4. The van der Waals surface area contributed by atoms with E-state index in [1.807, 2.05) is 92.2 Å². The van der Waals surface area contributed by atoms with Gasteiger partial charge in [-0.05, 0) is 54.1 Å². The van der Waals surface area contributed by atoms with Crippen LogP contribution < -0.4 is 5.32 Å². The van der Waals surface area contributed by atoms with Crippen molar-refractivity contribution in [3.05, 3.63) is 83.5 Å². The van der Waals surface area contributed by atoms with Gasteiger partial charge in [0.1, 0.15) is 0 Å². The minimum absolute atomic E-state index is 0.0263. The quantitative estimate of drug-likeness (QED) is 0.515. The second-order valence-corrected chi connectivity index (χ2v) is 8.99. The third-order valence-corrected chi connectivity index (χ3v) is 7.10. The first-order valence-electron chi connectivity index (χ1n) is 11.2. The van der Waals surface area contributed by atoms with Gasteiger partial charge in [0.25, 0.3) is 5.91 Å². The van der Waals surface area contributed by atoms with Crippen LogP contribution in [0.1, 0.15) is 17.8 Å². The predicted octanol–water partition coefficient (Wildman–Crippen LogP) is 3.64. The molecule has 170 valence electrons. The van der Waals surface area contributed by atoms with Gasteiger partial charge in [-0.25, -0.2) is 0 Å². The van der Waals surface area contributed by atoms with E-state index in [1.165, 1.54) is 0 Å². The third kappa shape index (κ3) is 2.70. The van der Waals surface area contributed by atoms with Gasteiger partial charge in [-0.3, -0.25) is 9.59 Å². The summed E-state index contributed by atoms with van der Waals surface area (Å²) in [7, 11) is 7.94. The van der Waals surface area contributed by atoms with Crippen LogP contribution in [-0.4, -0.2) is 30.0 Å². The molecule has 1 aliphatic heterocycles. The fourth-order valence-electron chi connectivity index (χ4n) is 5.34. The number of nitrogens with zero attached hydrogens (tertiary/aromatic N) is 4. The molecule has 2 aliphatic rings. The van der Waals surface area contributed by atoms with Crippen LogP contribution in [0, 0.1) is 0 Å². The Morgan fingerprint density at radius 3 is 1.74 bits per heavy atom. The Bertz CT molecular complexity index is 1460. The van der Waals surface area contributed by atoms with Crippen LogP contribution in [-0.2, 0) is 37.8 Å². The highest BCUT2D eigenvalue weighted by Gasteiger charge is 2.42. The zero-order valence-corrected chi connectivity index (χ0v) is 19.6. The number of carbonyl (C=O) groups is 2. The lowest BCUT2D eigenvalue weighted by atomic mass is 10.1. The molecule has 4 aromatic heterocycles. The molecule has 34 heavy (non-hydrogen) atoms. The van der Waals surface area contributed by atoms with Crippen molar-refractivity contribution in [1.29, 1.82) is 0 Å². The molecule has 0 atom stereocenters. The average Bonchev–Trinajstić information content (AvgIpc) is 3.61. The Morgan fingerprint density at radius 1 is 0.647 bits per heavy atom. The number of fused-ring (bicyclic) bond motifs is 1. The lowest BCUT2D eigenvalue weighted by Crippen LogP contribution is -2.18. The topological polar surface area (TPSA) is 65.9 Å². The van der Waals surface area contributed by atoms with E-state index in [2.05, 4.69) is 20.5 Å². The predicted molar refractivity (Wildman–Crippen MR) is 131 cm³/mol. The van der Waals surface area contributed by atoms with Crippen LogP contribution in [0.3, 0.4) is 0 Å². The number of nitrogens with one attached hydrogen (secondary N) is 1. The summed E-state index contributed by atoms with van der Waals surface area (Å²) in [5, 5.41) is 3.00. The zero-order chi connectivity index (χ0) is 23.7. The van der Waals surface area contributed by atoms with Crippen molar-refractivity contribution in [3.63, 3.8) is 0 Å². The van der Waals surface area contributed by atoms with Crippen molar-refractivity contribution >= 4 is 23.0 Å². The molecule has 5 heterocycles. The lowest BCUT2D eigenvalue weighted by molar-refractivity contribution is -0.116. The minimum Gasteiger partial charge on any atom is -0.349 e. The van der Waals surface area contributed by atoms with Crippen LogP contribution in [0.4, 0.5) is 0 Å². The highest BCUT2D eigenvalue weighted by atomic mass is 16.2. The number of amides is 1. The summed E-state index contributed by atoms with van der Waals surface area (Å²) >= 11 is 0. The number of ketones is 1. The molecule has 6 rings (SSSR count). The molecule has 0 aromatic carbocycles. The fraction of sp³-hybridized carbons (Fsp3) is 0.185. The maximum atomic E-state index is 13.3. The number of carbonyl (C=O) groups excluding carboxylic acids is 2. The summed E-state index contributed by atoms with van der Waals surface area (Å²) in [5.41, 5.74) is 8.29.